The summed E-state index contributed by atoms with van der Waals surface area (Å²) < 4.78 is 10.5. The van der Waals surface area contributed by atoms with Crippen molar-refractivity contribution in [2.75, 3.05) is 14.2 Å². The second-order valence-corrected chi connectivity index (χ2v) is 3.90. The van der Waals surface area contributed by atoms with Crippen LogP contribution in [0.15, 0.2) is 24.3 Å². The fourth-order valence-electron chi connectivity index (χ4n) is 1.77. The second-order valence-electron chi connectivity index (χ2n) is 3.90. The third-order valence-corrected chi connectivity index (χ3v) is 2.64. The van der Waals surface area contributed by atoms with Gasteiger partial charge in [-0.1, -0.05) is 0 Å². The zero-order chi connectivity index (χ0) is 13.8. The number of aryl methyl sites for hydroxylation is 1. The minimum Gasteiger partial charge on any atom is -0.497 e. The number of nitrogens with zero attached hydrogens (tertiary/aromatic N) is 3. The molecule has 5 nitrogen and oxygen atoms in total. The summed E-state index contributed by atoms with van der Waals surface area (Å²) in [5.41, 5.74) is 2.13. The van der Waals surface area contributed by atoms with Gasteiger partial charge in [0.15, 0.2) is 0 Å². The van der Waals surface area contributed by atoms with Gasteiger partial charge in [0.25, 0.3) is 0 Å². The van der Waals surface area contributed by atoms with Gasteiger partial charge < -0.3 is 9.47 Å². The first-order chi connectivity index (χ1) is 9.17. The molecular formula is C14H13N3O2. The number of methoxy groups -OCH3 is 2. The molecule has 1 heterocycles. The SMILES string of the molecule is COc1ccc(OC)c(-c2cc(C)nc(C#N)n2)c1. The van der Waals surface area contributed by atoms with Crippen LogP contribution in [0.2, 0.25) is 0 Å². The molecule has 0 radical (unpaired) electrons. The minimum absolute atomic E-state index is 0.139. The van der Waals surface area contributed by atoms with Gasteiger partial charge in [0.2, 0.25) is 5.82 Å². The van der Waals surface area contributed by atoms with Crippen molar-refractivity contribution in [2.45, 2.75) is 6.92 Å². The van der Waals surface area contributed by atoms with E-state index in [4.69, 9.17) is 14.7 Å². The quantitative estimate of drug-likeness (QED) is 0.842. The van der Waals surface area contributed by atoms with Crippen LogP contribution < -0.4 is 9.47 Å². The maximum Gasteiger partial charge on any atom is 0.232 e. The van der Waals surface area contributed by atoms with E-state index in [9.17, 15) is 0 Å². The Bertz CT molecular complexity index is 648. The minimum atomic E-state index is 0.139. The van der Waals surface area contributed by atoms with Crippen LogP contribution in [0.4, 0.5) is 0 Å². The first kappa shape index (κ1) is 12.8. The Morgan fingerprint density at radius 2 is 1.89 bits per heavy atom. The highest BCUT2D eigenvalue weighted by atomic mass is 16.5. The summed E-state index contributed by atoms with van der Waals surface area (Å²) in [6, 6.07) is 9.18. The topological polar surface area (TPSA) is 68.0 Å². The monoisotopic (exact) mass is 255 g/mol. The Balaban J connectivity index is 2.63. The van der Waals surface area contributed by atoms with E-state index in [0.29, 0.717) is 17.2 Å². The third kappa shape index (κ3) is 2.63. The van der Waals surface area contributed by atoms with Gasteiger partial charge in [-0.25, -0.2) is 9.97 Å². The van der Waals surface area contributed by atoms with E-state index >= 15 is 0 Å². The normalized spacial score (nSPS) is 9.79. The molecule has 0 N–H and O–H groups in total. The van der Waals surface area contributed by atoms with Crippen LogP contribution in [0.1, 0.15) is 11.5 Å². The number of nitriles is 1. The summed E-state index contributed by atoms with van der Waals surface area (Å²) in [4.78, 5) is 8.23. The first-order valence-corrected chi connectivity index (χ1v) is 5.66. The fraction of sp³-hybridized carbons (Fsp3) is 0.214. The van der Waals surface area contributed by atoms with Crippen LogP contribution >= 0.6 is 0 Å². The zero-order valence-corrected chi connectivity index (χ0v) is 11.0. The molecule has 5 heteroatoms. The zero-order valence-electron chi connectivity index (χ0n) is 11.0. The molecule has 0 atom stereocenters. The van der Waals surface area contributed by atoms with Crippen LogP contribution in [0.3, 0.4) is 0 Å². The number of rotatable bonds is 3. The van der Waals surface area contributed by atoms with Gasteiger partial charge in [-0.2, -0.15) is 5.26 Å². The van der Waals surface area contributed by atoms with Gasteiger partial charge in [0.1, 0.15) is 17.6 Å². The van der Waals surface area contributed by atoms with Gasteiger partial charge in [0.05, 0.1) is 19.9 Å². The molecule has 96 valence electrons. The van der Waals surface area contributed by atoms with Gasteiger partial charge in [-0.15, -0.1) is 0 Å². The third-order valence-electron chi connectivity index (χ3n) is 2.64. The van der Waals surface area contributed by atoms with Crippen LogP contribution in [-0.4, -0.2) is 24.2 Å². The summed E-state index contributed by atoms with van der Waals surface area (Å²) in [5, 5.41) is 8.93. The Morgan fingerprint density at radius 1 is 1.11 bits per heavy atom. The Morgan fingerprint density at radius 3 is 2.53 bits per heavy atom. The van der Waals surface area contributed by atoms with Crippen molar-refractivity contribution in [3.63, 3.8) is 0 Å². The van der Waals surface area contributed by atoms with Crippen molar-refractivity contribution in [1.29, 1.82) is 5.26 Å². The molecule has 0 aliphatic carbocycles. The lowest BCUT2D eigenvalue weighted by atomic mass is 10.1. The summed E-state index contributed by atoms with van der Waals surface area (Å²) in [6.45, 7) is 1.82. The smallest absolute Gasteiger partial charge is 0.232 e. The summed E-state index contributed by atoms with van der Waals surface area (Å²) >= 11 is 0. The van der Waals surface area contributed by atoms with Gasteiger partial charge >= 0.3 is 0 Å². The van der Waals surface area contributed by atoms with Crippen molar-refractivity contribution in [3.05, 3.63) is 35.8 Å². The van der Waals surface area contributed by atoms with Crippen molar-refractivity contribution in [3.8, 4) is 28.8 Å². The largest absolute Gasteiger partial charge is 0.497 e. The van der Waals surface area contributed by atoms with Crippen LogP contribution in [0, 0.1) is 18.3 Å². The molecule has 0 saturated carbocycles. The molecular weight excluding hydrogens is 242 g/mol. The maximum atomic E-state index is 8.93. The number of benzene rings is 1. The predicted molar refractivity (Wildman–Crippen MR) is 70.0 cm³/mol. The Labute approximate surface area is 111 Å². The van der Waals surface area contributed by atoms with E-state index in [1.165, 1.54) is 0 Å². The van der Waals surface area contributed by atoms with E-state index in [1.54, 1.807) is 26.4 Å². The number of hydrogen-bond donors (Lipinski definition) is 0. The molecule has 2 rings (SSSR count). The van der Waals surface area contributed by atoms with Crippen molar-refractivity contribution >= 4 is 0 Å². The first-order valence-electron chi connectivity index (χ1n) is 5.66. The second kappa shape index (κ2) is 5.36. The maximum absolute atomic E-state index is 8.93. The molecule has 0 amide bonds. The lowest BCUT2D eigenvalue weighted by Crippen LogP contribution is -1.97. The molecule has 0 aliphatic rings. The molecule has 0 saturated heterocycles. The summed E-state index contributed by atoms with van der Waals surface area (Å²) in [6.07, 6.45) is 0. The molecule has 0 spiro atoms. The van der Waals surface area contributed by atoms with E-state index in [-0.39, 0.29) is 5.82 Å². The molecule has 0 unspecified atom stereocenters. The highest BCUT2D eigenvalue weighted by molar-refractivity contribution is 5.69. The highest BCUT2D eigenvalue weighted by Crippen LogP contribution is 2.32. The van der Waals surface area contributed by atoms with Crippen LogP contribution in [0.5, 0.6) is 11.5 Å². The molecule has 0 aliphatic heterocycles. The number of ether oxygens (including phenoxy) is 2. The molecule has 1 aromatic heterocycles. The van der Waals surface area contributed by atoms with Gasteiger partial charge in [-0.3, -0.25) is 0 Å². The standard InChI is InChI=1S/C14H13N3O2/c1-9-6-12(17-14(8-15)16-9)11-7-10(18-2)4-5-13(11)19-3/h4-7H,1-3H3. The van der Waals surface area contributed by atoms with Gasteiger partial charge in [-0.05, 0) is 31.2 Å². The van der Waals surface area contributed by atoms with Crippen LogP contribution in [-0.2, 0) is 0 Å². The van der Waals surface area contributed by atoms with Crippen molar-refractivity contribution in [2.24, 2.45) is 0 Å². The average Bonchev–Trinajstić information content (AvgIpc) is 2.45. The molecule has 0 bridgehead atoms. The fourth-order valence-corrected chi connectivity index (χ4v) is 1.77. The molecule has 0 fully saturated rings. The van der Waals surface area contributed by atoms with E-state index in [0.717, 1.165) is 11.3 Å². The Hall–Kier alpha value is -2.61. The van der Waals surface area contributed by atoms with E-state index in [1.807, 2.05) is 25.1 Å². The predicted octanol–water partition coefficient (Wildman–Crippen LogP) is 2.34. The molecule has 19 heavy (non-hydrogen) atoms. The van der Waals surface area contributed by atoms with Crippen molar-refractivity contribution < 1.29 is 9.47 Å². The average molecular weight is 255 g/mol. The highest BCUT2D eigenvalue weighted by Gasteiger charge is 2.11. The molecule has 1 aromatic carbocycles. The molecule has 2 aromatic rings. The summed E-state index contributed by atoms with van der Waals surface area (Å²) in [7, 11) is 3.18. The van der Waals surface area contributed by atoms with Crippen LogP contribution in [0.25, 0.3) is 11.3 Å². The lowest BCUT2D eigenvalue weighted by Gasteiger charge is -2.10. The lowest BCUT2D eigenvalue weighted by molar-refractivity contribution is 0.404. The Kier molecular flexibility index (Phi) is 3.62. The number of aromatic nitrogens is 2. The van der Waals surface area contributed by atoms with Crippen molar-refractivity contribution in [1.82, 2.24) is 9.97 Å². The summed E-state index contributed by atoms with van der Waals surface area (Å²) in [5.74, 6) is 1.51. The van der Waals surface area contributed by atoms with E-state index in [2.05, 4.69) is 9.97 Å². The number of hydrogen-bond acceptors (Lipinski definition) is 5. The van der Waals surface area contributed by atoms with Gasteiger partial charge in [0, 0.05) is 11.3 Å². The van der Waals surface area contributed by atoms with E-state index < -0.39 is 0 Å².